The zero-order valence-corrected chi connectivity index (χ0v) is 10.9. The van der Waals surface area contributed by atoms with Crippen molar-refractivity contribution in [1.82, 2.24) is 9.80 Å². The van der Waals surface area contributed by atoms with Crippen LogP contribution in [-0.4, -0.2) is 54.5 Å². The van der Waals surface area contributed by atoms with Crippen molar-refractivity contribution in [2.24, 2.45) is 11.7 Å². The summed E-state index contributed by atoms with van der Waals surface area (Å²) < 4.78 is 0. The third-order valence-corrected chi connectivity index (χ3v) is 3.81. The Morgan fingerprint density at radius 1 is 1.29 bits per heavy atom. The highest BCUT2D eigenvalue weighted by Crippen LogP contribution is 2.29. The van der Waals surface area contributed by atoms with Crippen molar-refractivity contribution >= 4 is 5.91 Å². The number of rotatable bonds is 5. The first-order valence-electron chi connectivity index (χ1n) is 6.97. The molecule has 17 heavy (non-hydrogen) atoms. The highest BCUT2D eigenvalue weighted by atomic mass is 16.2. The number of hydrogen-bond donors (Lipinski definition) is 1. The van der Waals surface area contributed by atoms with E-state index in [1.54, 1.807) is 0 Å². The lowest BCUT2D eigenvalue weighted by Crippen LogP contribution is -2.53. The summed E-state index contributed by atoms with van der Waals surface area (Å²) in [7, 11) is 0. The molecule has 1 amide bonds. The average molecular weight is 239 g/mol. The van der Waals surface area contributed by atoms with Crippen LogP contribution in [-0.2, 0) is 4.79 Å². The van der Waals surface area contributed by atoms with E-state index in [1.807, 2.05) is 4.90 Å². The maximum Gasteiger partial charge on any atom is 0.239 e. The second kappa shape index (κ2) is 5.83. The minimum Gasteiger partial charge on any atom is -0.339 e. The number of hydrogen-bond acceptors (Lipinski definition) is 3. The maximum absolute atomic E-state index is 12.0. The normalized spacial score (nSPS) is 23.8. The van der Waals surface area contributed by atoms with Crippen LogP contribution in [0.1, 0.15) is 32.6 Å². The molecule has 4 heteroatoms. The summed E-state index contributed by atoms with van der Waals surface area (Å²) in [4.78, 5) is 16.5. The van der Waals surface area contributed by atoms with Gasteiger partial charge in [-0.3, -0.25) is 9.69 Å². The third-order valence-electron chi connectivity index (χ3n) is 3.81. The van der Waals surface area contributed by atoms with Gasteiger partial charge in [-0.1, -0.05) is 13.3 Å². The maximum atomic E-state index is 12.0. The zero-order chi connectivity index (χ0) is 12.3. The van der Waals surface area contributed by atoms with Crippen molar-refractivity contribution in [3.05, 3.63) is 0 Å². The van der Waals surface area contributed by atoms with Crippen molar-refractivity contribution in [2.75, 3.05) is 32.7 Å². The first-order chi connectivity index (χ1) is 8.20. The van der Waals surface area contributed by atoms with E-state index >= 15 is 0 Å². The fraction of sp³-hybridized carbons (Fsp3) is 0.923. The quantitative estimate of drug-likeness (QED) is 0.767. The van der Waals surface area contributed by atoms with Crippen molar-refractivity contribution in [1.29, 1.82) is 0 Å². The van der Waals surface area contributed by atoms with Crippen molar-refractivity contribution in [2.45, 2.75) is 38.6 Å². The molecule has 0 aromatic carbocycles. The molecule has 4 nitrogen and oxygen atoms in total. The summed E-state index contributed by atoms with van der Waals surface area (Å²) in [6.45, 7) is 7.10. The van der Waals surface area contributed by atoms with Crippen LogP contribution in [0, 0.1) is 5.92 Å². The Balaban J connectivity index is 1.71. The lowest BCUT2D eigenvalue weighted by atomic mass is 10.1. The van der Waals surface area contributed by atoms with Gasteiger partial charge in [0.1, 0.15) is 0 Å². The topological polar surface area (TPSA) is 49.6 Å². The van der Waals surface area contributed by atoms with Crippen molar-refractivity contribution in [3.8, 4) is 0 Å². The second-order valence-electron chi connectivity index (χ2n) is 5.46. The molecular formula is C13H25N3O. The smallest absolute Gasteiger partial charge is 0.239 e. The number of nitrogens with two attached hydrogens (primary N) is 1. The molecule has 0 aromatic heterocycles. The van der Waals surface area contributed by atoms with E-state index in [0.717, 1.165) is 44.9 Å². The molecule has 2 aliphatic rings. The van der Waals surface area contributed by atoms with Gasteiger partial charge in [0.2, 0.25) is 5.91 Å². The van der Waals surface area contributed by atoms with Gasteiger partial charge in [0.25, 0.3) is 0 Å². The minimum atomic E-state index is -0.282. The Labute approximate surface area is 104 Å². The zero-order valence-electron chi connectivity index (χ0n) is 10.9. The van der Waals surface area contributed by atoms with E-state index in [9.17, 15) is 4.79 Å². The van der Waals surface area contributed by atoms with Crippen LogP contribution in [0.25, 0.3) is 0 Å². The number of carbonyl (C=O) groups excluding carboxylic acids is 1. The van der Waals surface area contributed by atoms with E-state index in [4.69, 9.17) is 5.73 Å². The van der Waals surface area contributed by atoms with Gasteiger partial charge in [-0.05, 0) is 25.2 Å². The standard InChI is InChI=1S/C13H25N3O/c1-2-3-12(14)13(17)16-8-6-15(7-9-16)10-11-4-5-11/h11-12H,2-10,14H2,1H3/t12-/m1/s1. The molecule has 1 aliphatic heterocycles. The Hall–Kier alpha value is -0.610. The van der Waals surface area contributed by atoms with Crippen LogP contribution in [0.4, 0.5) is 0 Å². The molecule has 0 bridgehead atoms. The molecule has 1 saturated carbocycles. The van der Waals surface area contributed by atoms with Crippen LogP contribution in [0.3, 0.4) is 0 Å². The average Bonchev–Trinajstić information content (AvgIpc) is 3.13. The lowest BCUT2D eigenvalue weighted by Gasteiger charge is -2.35. The van der Waals surface area contributed by atoms with Gasteiger partial charge in [0.05, 0.1) is 6.04 Å². The molecule has 2 N–H and O–H groups in total. The Kier molecular flexibility index (Phi) is 4.40. The van der Waals surface area contributed by atoms with Gasteiger partial charge in [-0.2, -0.15) is 0 Å². The molecular weight excluding hydrogens is 214 g/mol. The van der Waals surface area contributed by atoms with Crippen molar-refractivity contribution in [3.63, 3.8) is 0 Å². The SMILES string of the molecule is CCC[C@@H](N)C(=O)N1CCN(CC2CC2)CC1. The van der Waals surface area contributed by atoms with Gasteiger partial charge in [-0.15, -0.1) is 0 Å². The minimum absolute atomic E-state index is 0.151. The van der Waals surface area contributed by atoms with Crippen LogP contribution < -0.4 is 5.73 Å². The van der Waals surface area contributed by atoms with Gasteiger partial charge in [-0.25, -0.2) is 0 Å². The second-order valence-corrected chi connectivity index (χ2v) is 5.46. The molecule has 98 valence electrons. The Morgan fingerprint density at radius 3 is 2.47 bits per heavy atom. The molecule has 1 aliphatic carbocycles. The summed E-state index contributed by atoms with van der Waals surface area (Å²) in [6.07, 6.45) is 4.59. The lowest BCUT2D eigenvalue weighted by molar-refractivity contribution is -0.134. The van der Waals surface area contributed by atoms with E-state index < -0.39 is 0 Å². The van der Waals surface area contributed by atoms with Gasteiger partial charge < -0.3 is 10.6 Å². The Bertz CT molecular complexity index is 257. The predicted octanol–water partition coefficient (Wildman–Crippen LogP) is 0.668. The molecule has 1 atom stereocenters. The Morgan fingerprint density at radius 2 is 1.94 bits per heavy atom. The number of piperazine rings is 1. The first kappa shape index (κ1) is 12.8. The van der Waals surface area contributed by atoms with E-state index in [-0.39, 0.29) is 11.9 Å². The fourth-order valence-corrected chi connectivity index (χ4v) is 2.49. The summed E-state index contributed by atoms with van der Waals surface area (Å²) in [5.41, 5.74) is 5.88. The molecule has 0 aromatic rings. The van der Waals surface area contributed by atoms with Crippen LogP contribution >= 0.6 is 0 Å². The fourth-order valence-electron chi connectivity index (χ4n) is 2.49. The number of carbonyl (C=O) groups is 1. The van der Waals surface area contributed by atoms with E-state index in [0.29, 0.717) is 0 Å². The number of nitrogens with zero attached hydrogens (tertiary/aromatic N) is 2. The van der Waals surface area contributed by atoms with Crippen LogP contribution in [0.5, 0.6) is 0 Å². The summed E-state index contributed by atoms with van der Waals surface area (Å²) in [5.74, 6) is 1.09. The van der Waals surface area contributed by atoms with Gasteiger partial charge >= 0.3 is 0 Å². The largest absolute Gasteiger partial charge is 0.339 e. The number of amides is 1. The monoisotopic (exact) mass is 239 g/mol. The molecule has 0 unspecified atom stereocenters. The van der Waals surface area contributed by atoms with Gasteiger partial charge in [0, 0.05) is 32.7 Å². The highest BCUT2D eigenvalue weighted by molar-refractivity contribution is 5.81. The first-order valence-corrected chi connectivity index (χ1v) is 6.97. The third kappa shape index (κ3) is 3.68. The molecule has 0 radical (unpaired) electrons. The van der Waals surface area contributed by atoms with Crippen molar-refractivity contribution < 1.29 is 4.79 Å². The molecule has 0 spiro atoms. The van der Waals surface area contributed by atoms with E-state index in [1.165, 1.54) is 19.4 Å². The molecule has 1 heterocycles. The molecule has 1 saturated heterocycles. The summed E-state index contributed by atoms with van der Waals surface area (Å²) >= 11 is 0. The predicted molar refractivity (Wildman–Crippen MR) is 68.6 cm³/mol. The summed E-state index contributed by atoms with van der Waals surface area (Å²) in [5, 5.41) is 0. The molecule has 2 fully saturated rings. The van der Waals surface area contributed by atoms with Crippen LogP contribution in [0.15, 0.2) is 0 Å². The summed E-state index contributed by atoms with van der Waals surface area (Å²) in [6, 6.07) is -0.282. The highest BCUT2D eigenvalue weighted by Gasteiger charge is 2.28. The van der Waals surface area contributed by atoms with Crippen LogP contribution in [0.2, 0.25) is 0 Å². The van der Waals surface area contributed by atoms with Gasteiger partial charge in [0.15, 0.2) is 0 Å². The molecule has 2 rings (SSSR count). The van der Waals surface area contributed by atoms with E-state index in [2.05, 4.69) is 11.8 Å².